The van der Waals surface area contributed by atoms with Gasteiger partial charge in [-0.15, -0.1) is 0 Å². The van der Waals surface area contributed by atoms with Crippen molar-refractivity contribution in [3.63, 3.8) is 0 Å². The van der Waals surface area contributed by atoms with Crippen LogP contribution in [-0.4, -0.2) is 34.3 Å². The highest BCUT2D eigenvalue weighted by Gasteiger charge is 2.32. The van der Waals surface area contributed by atoms with E-state index in [-0.39, 0.29) is 24.0 Å². The van der Waals surface area contributed by atoms with Gasteiger partial charge >= 0.3 is 5.97 Å². The van der Waals surface area contributed by atoms with Gasteiger partial charge in [0.25, 0.3) is 0 Å². The molecule has 1 amide bonds. The fraction of sp³-hybridized carbons (Fsp3) is 0.346. The molecule has 0 saturated heterocycles. The number of aromatic nitrogens is 2. The van der Waals surface area contributed by atoms with E-state index < -0.39 is 0 Å². The van der Waals surface area contributed by atoms with Crippen LogP contribution in [-0.2, 0) is 20.9 Å². The summed E-state index contributed by atoms with van der Waals surface area (Å²) < 4.78 is 6.75. The molecule has 0 fully saturated rings. The van der Waals surface area contributed by atoms with Gasteiger partial charge < -0.3 is 15.0 Å². The van der Waals surface area contributed by atoms with E-state index in [2.05, 4.69) is 47.7 Å². The van der Waals surface area contributed by atoms with Crippen molar-refractivity contribution in [1.82, 2.24) is 9.78 Å². The number of carbonyl (C=O) groups excluding carboxylic acids is 2. The van der Waals surface area contributed by atoms with Crippen LogP contribution < -0.4 is 10.2 Å². The molecular weight excluding hydrogens is 416 g/mol. The number of benzene rings is 2. The molecule has 0 unspecified atom stereocenters. The Bertz CT molecular complexity index is 1120. The predicted molar refractivity (Wildman–Crippen MR) is 129 cm³/mol. The molecule has 1 aliphatic rings. The van der Waals surface area contributed by atoms with Crippen LogP contribution in [0.3, 0.4) is 0 Å². The fourth-order valence-electron chi connectivity index (χ4n) is 4.38. The summed E-state index contributed by atoms with van der Waals surface area (Å²) in [6.07, 6.45) is 5.11. The Kier molecular flexibility index (Phi) is 6.77. The van der Waals surface area contributed by atoms with E-state index >= 15 is 0 Å². The lowest BCUT2D eigenvalue weighted by Crippen LogP contribution is -2.44. The van der Waals surface area contributed by atoms with Gasteiger partial charge in [0.15, 0.2) is 0 Å². The predicted octanol–water partition coefficient (Wildman–Crippen LogP) is 4.80. The van der Waals surface area contributed by atoms with Gasteiger partial charge in [0.1, 0.15) is 6.61 Å². The second kappa shape index (κ2) is 9.90. The first-order valence-corrected chi connectivity index (χ1v) is 11.4. The van der Waals surface area contributed by atoms with E-state index in [0.717, 1.165) is 34.5 Å². The molecule has 0 spiro atoms. The molecule has 3 aromatic rings. The second-order valence-corrected chi connectivity index (χ2v) is 8.37. The molecule has 2 heterocycles. The Hall–Kier alpha value is -3.61. The van der Waals surface area contributed by atoms with Crippen LogP contribution in [0.25, 0.3) is 11.1 Å². The maximum atomic E-state index is 12.5. The van der Waals surface area contributed by atoms with Gasteiger partial charge in [-0.3, -0.25) is 14.3 Å². The largest absolute Gasteiger partial charge is 0.464 e. The fourth-order valence-corrected chi connectivity index (χ4v) is 4.38. The molecule has 7 nitrogen and oxygen atoms in total. The van der Waals surface area contributed by atoms with Gasteiger partial charge in [0.05, 0.1) is 18.8 Å². The zero-order valence-corrected chi connectivity index (χ0v) is 19.3. The minimum atomic E-state index is -0.287. The molecule has 4 rings (SSSR count). The molecule has 172 valence electrons. The van der Waals surface area contributed by atoms with Crippen molar-refractivity contribution in [2.24, 2.45) is 0 Å². The van der Waals surface area contributed by atoms with Crippen molar-refractivity contribution in [2.75, 3.05) is 16.8 Å². The number of ether oxygens (including phenoxy) is 1. The third kappa shape index (κ3) is 5.08. The van der Waals surface area contributed by atoms with Crippen LogP contribution in [0.5, 0.6) is 0 Å². The lowest BCUT2D eigenvalue weighted by molar-refractivity contribution is -0.141. The highest BCUT2D eigenvalue weighted by atomic mass is 16.5. The number of fused-ring (bicyclic) bond motifs is 1. The van der Waals surface area contributed by atoms with Gasteiger partial charge in [-0.2, -0.15) is 5.10 Å². The van der Waals surface area contributed by atoms with Crippen molar-refractivity contribution >= 4 is 23.3 Å². The van der Waals surface area contributed by atoms with Crippen LogP contribution in [0.2, 0.25) is 0 Å². The molecule has 1 N–H and O–H groups in total. The number of amides is 1. The van der Waals surface area contributed by atoms with Crippen LogP contribution in [0.4, 0.5) is 11.4 Å². The average molecular weight is 447 g/mol. The van der Waals surface area contributed by atoms with Crippen molar-refractivity contribution in [3.8, 4) is 11.1 Å². The Morgan fingerprint density at radius 1 is 1.12 bits per heavy atom. The standard InChI is InChI=1S/C26H30N4O3/c1-4-26(32)30-18(2)15-24(23-7-5-6-8-25(23)30)28-22-11-9-20(10-12-22)21-16-27-29(17-21)13-14-33-19(3)31/h5-12,16-18,24,28H,4,13-15H2,1-3H3/t18-,24+/m0/s1. The molecule has 0 saturated carbocycles. The summed E-state index contributed by atoms with van der Waals surface area (Å²) in [4.78, 5) is 25.4. The molecule has 2 aromatic carbocycles. The van der Waals surface area contributed by atoms with Gasteiger partial charge in [-0.05, 0) is 42.7 Å². The Balaban J connectivity index is 1.46. The molecule has 0 radical (unpaired) electrons. The number of para-hydroxylation sites is 1. The first kappa shape index (κ1) is 22.6. The van der Waals surface area contributed by atoms with E-state index in [1.807, 2.05) is 42.4 Å². The highest BCUT2D eigenvalue weighted by molar-refractivity contribution is 5.95. The van der Waals surface area contributed by atoms with E-state index in [1.54, 1.807) is 4.68 Å². The Morgan fingerprint density at radius 3 is 2.61 bits per heavy atom. The monoisotopic (exact) mass is 446 g/mol. The van der Waals surface area contributed by atoms with E-state index in [1.165, 1.54) is 6.92 Å². The number of anilines is 2. The summed E-state index contributed by atoms with van der Waals surface area (Å²) in [6.45, 7) is 6.25. The molecule has 0 bridgehead atoms. The molecular formula is C26H30N4O3. The zero-order chi connectivity index (χ0) is 23.4. The number of nitrogens with zero attached hydrogens (tertiary/aromatic N) is 3. The molecule has 1 aliphatic heterocycles. The van der Waals surface area contributed by atoms with Gasteiger partial charge in [0, 0.05) is 42.5 Å². The number of rotatable bonds is 7. The lowest BCUT2D eigenvalue weighted by Gasteiger charge is -2.40. The maximum absolute atomic E-state index is 12.5. The van der Waals surface area contributed by atoms with Crippen molar-refractivity contribution < 1.29 is 14.3 Å². The minimum Gasteiger partial charge on any atom is -0.464 e. The number of nitrogens with one attached hydrogen (secondary N) is 1. The summed E-state index contributed by atoms with van der Waals surface area (Å²) in [5, 5.41) is 8.00. The van der Waals surface area contributed by atoms with Crippen molar-refractivity contribution in [2.45, 2.75) is 52.2 Å². The molecule has 1 aromatic heterocycles. The van der Waals surface area contributed by atoms with E-state index in [4.69, 9.17) is 4.74 Å². The first-order chi connectivity index (χ1) is 16.0. The van der Waals surface area contributed by atoms with Crippen molar-refractivity contribution in [3.05, 3.63) is 66.5 Å². The topological polar surface area (TPSA) is 76.5 Å². The number of hydrogen-bond donors (Lipinski definition) is 1. The number of carbonyl (C=O) groups is 2. The average Bonchev–Trinajstić information content (AvgIpc) is 3.28. The maximum Gasteiger partial charge on any atom is 0.302 e. The molecule has 7 heteroatoms. The normalized spacial score (nSPS) is 17.4. The van der Waals surface area contributed by atoms with Crippen LogP contribution in [0.1, 0.15) is 45.2 Å². The molecule has 33 heavy (non-hydrogen) atoms. The SMILES string of the molecule is CCC(=O)N1c2ccccc2[C@H](Nc2ccc(-c3cnn(CCOC(C)=O)c3)cc2)C[C@@H]1C. The van der Waals surface area contributed by atoms with E-state index in [0.29, 0.717) is 19.6 Å². The quantitative estimate of drug-likeness (QED) is 0.528. The summed E-state index contributed by atoms with van der Waals surface area (Å²) in [5.41, 5.74) is 5.25. The minimum absolute atomic E-state index is 0.127. The summed E-state index contributed by atoms with van der Waals surface area (Å²) in [7, 11) is 0. The summed E-state index contributed by atoms with van der Waals surface area (Å²) in [5.74, 6) is -0.128. The van der Waals surface area contributed by atoms with E-state index in [9.17, 15) is 9.59 Å². The van der Waals surface area contributed by atoms with Crippen LogP contribution in [0, 0.1) is 0 Å². The van der Waals surface area contributed by atoms with Gasteiger partial charge in [-0.1, -0.05) is 37.3 Å². The zero-order valence-electron chi connectivity index (χ0n) is 19.3. The lowest BCUT2D eigenvalue weighted by atomic mass is 9.91. The summed E-state index contributed by atoms with van der Waals surface area (Å²) in [6, 6.07) is 16.7. The second-order valence-electron chi connectivity index (χ2n) is 8.37. The third-order valence-corrected chi connectivity index (χ3v) is 5.98. The Morgan fingerprint density at radius 2 is 1.88 bits per heavy atom. The highest BCUT2D eigenvalue weighted by Crippen LogP contribution is 2.39. The smallest absolute Gasteiger partial charge is 0.302 e. The summed E-state index contributed by atoms with van der Waals surface area (Å²) >= 11 is 0. The number of hydrogen-bond acceptors (Lipinski definition) is 5. The molecule has 0 aliphatic carbocycles. The number of esters is 1. The first-order valence-electron chi connectivity index (χ1n) is 11.4. The van der Waals surface area contributed by atoms with Gasteiger partial charge in [-0.25, -0.2) is 0 Å². The van der Waals surface area contributed by atoms with Crippen LogP contribution >= 0.6 is 0 Å². The third-order valence-electron chi connectivity index (χ3n) is 5.98. The Labute approximate surface area is 194 Å². The molecule has 2 atom stereocenters. The van der Waals surface area contributed by atoms with Crippen molar-refractivity contribution in [1.29, 1.82) is 0 Å². The van der Waals surface area contributed by atoms with Gasteiger partial charge in [0.2, 0.25) is 5.91 Å². The van der Waals surface area contributed by atoms with Crippen LogP contribution in [0.15, 0.2) is 60.9 Å².